The molecule has 1 saturated heterocycles. The number of halogens is 1. The first-order chi connectivity index (χ1) is 12.2. The van der Waals surface area contributed by atoms with Crippen LogP contribution in [0.1, 0.15) is 47.8 Å². The van der Waals surface area contributed by atoms with Crippen LogP contribution < -0.4 is 5.32 Å². The molecule has 0 radical (unpaired) electrons. The molecule has 7 heteroatoms. The number of hydrogen-bond donors (Lipinski definition) is 1. The van der Waals surface area contributed by atoms with Gasteiger partial charge in [-0.05, 0) is 43.4 Å². The third-order valence-corrected chi connectivity index (χ3v) is 4.88. The summed E-state index contributed by atoms with van der Waals surface area (Å²) in [6.07, 6.45) is 5.77. The lowest BCUT2D eigenvalue weighted by Gasteiger charge is -2.31. The summed E-state index contributed by atoms with van der Waals surface area (Å²) in [7, 11) is 0. The van der Waals surface area contributed by atoms with Crippen molar-refractivity contribution in [1.82, 2.24) is 25.2 Å². The quantitative estimate of drug-likeness (QED) is 0.904. The molecule has 1 aromatic carbocycles. The van der Waals surface area contributed by atoms with Crippen LogP contribution in [0.15, 0.2) is 30.5 Å². The minimum absolute atomic E-state index is 0.128. The Hall–Kier alpha value is -2.28. The van der Waals surface area contributed by atoms with Crippen molar-refractivity contribution in [2.45, 2.75) is 44.3 Å². The predicted octanol–water partition coefficient (Wildman–Crippen LogP) is 2.15. The normalized spacial score (nSPS) is 19.1. The van der Waals surface area contributed by atoms with E-state index in [2.05, 4.69) is 20.5 Å². The molecule has 2 aliphatic rings. The zero-order valence-corrected chi connectivity index (χ0v) is 14.1. The summed E-state index contributed by atoms with van der Waals surface area (Å²) in [6.45, 7) is 2.60. The molecule has 1 aliphatic carbocycles. The summed E-state index contributed by atoms with van der Waals surface area (Å²) in [5.41, 5.74) is 1.40. The Morgan fingerprint density at radius 3 is 2.76 bits per heavy atom. The second-order valence-electron chi connectivity index (χ2n) is 6.97. The second-order valence-corrected chi connectivity index (χ2v) is 6.97. The molecule has 0 atom stereocenters. The third kappa shape index (κ3) is 4.04. The van der Waals surface area contributed by atoms with E-state index in [-0.39, 0.29) is 17.8 Å². The smallest absolute Gasteiger partial charge is 0.273 e. The number of hydrogen-bond acceptors (Lipinski definition) is 4. The second kappa shape index (κ2) is 6.92. The molecule has 0 unspecified atom stereocenters. The first-order valence-electron chi connectivity index (χ1n) is 8.87. The maximum absolute atomic E-state index is 13.3. The van der Waals surface area contributed by atoms with Crippen molar-refractivity contribution in [3.05, 3.63) is 47.5 Å². The van der Waals surface area contributed by atoms with Crippen molar-refractivity contribution in [1.29, 1.82) is 0 Å². The molecule has 132 valence electrons. The van der Waals surface area contributed by atoms with E-state index in [9.17, 15) is 9.18 Å². The summed E-state index contributed by atoms with van der Waals surface area (Å²) < 4.78 is 15.1. The van der Waals surface area contributed by atoms with Crippen LogP contribution in [0.4, 0.5) is 4.39 Å². The van der Waals surface area contributed by atoms with E-state index < -0.39 is 0 Å². The average Bonchev–Trinajstić information content (AvgIpc) is 3.28. The molecule has 1 saturated carbocycles. The lowest BCUT2D eigenvalue weighted by atomic mass is 10.0. The van der Waals surface area contributed by atoms with E-state index in [1.807, 2.05) is 10.7 Å². The van der Waals surface area contributed by atoms with E-state index in [0.29, 0.717) is 11.7 Å². The van der Waals surface area contributed by atoms with Gasteiger partial charge in [0, 0.05) is 25.7 Å². The average molecular weight is 343 g/mol. The molecule has 0 spiro atoms. The lowest BCUT2D eigenvalue weighted by Crippen LogP contribution is -2.34. The van der Waals surface area contributed by atoms with Gasteiger partial charge in [-0.1, -0.05) is 17.3 Å². The van der Waals surface area contributed by atoms with Crippen LogP contribution in [0, 0.1) is 5.82 Å². The highest BCUT2D eigenvalue weighted by molar-refractivity contribution is 5.92. The van der Waals surface area contributed by atoms with Gasteiger partial charge in [0.15, 0.2) is 5.69 Å². The van der Waals surface area contributed by atoms with Gasteiger partial charge >= 0.3 is 0 Å². The van der Waals surface area contributed by atoms with Crippen molar-refractivity contribution in [3.63, 3.8) is 0 Å². The highest BCUT2D eigenvalue weighted by Gasteiger charge is 2.26. The molecule has 0 bridgehead atoms. The molecule has 1 amide bonds. The molecule has 2 heterocycles. The molecule has 2 fully saturated rings. The Balaban J connectivity index is 1.31. The minimum atomic E-state index is -0.188. The maximum atomic E-state index is 13.3. The van der Waals surface area contributed by atoms with Gasteiger partial charge in [0.05, 0.1) is 12.2 Å². The molecular weight excluding hydrogens is 321 g/mol. The van der Waals surface area contributed by atoms with Crippen LogP contribution in [0.5, 0.6) is 0 Å². The summed E-state index contributed by atoms with van der Waals surface area (Å²) >= 11 is 0. The van der Waals surface area contributed by atoms with Crippen LogP contribution in [0.25, 0.3) is 0 Å². The van der Waals surface area contributed by atoms with Crippen LogP contribution in [-0.2, 0) is 6.54 Å². The Bertz CT molecular complexity index is 749. The number of rotatable bonds is 5. The van der Waals surface area contributed by atoms with Gasteiger partial charge in [-0.25, -0.2) is 9.07 Å². The first kappa shape index (κ1) is 16.2. The van der Waals surface area contributed by atoms with Gasteiger partial charge < -0.3 is 5.32 Å². The number of carbonyl (C=O) groups is 1. The Morgan fingerprint density at radius 1 is 1.24 bits per heavy atom. The third-order valence-electron chi connectivity index (χ3n) is 4.88. The van der Waals surface area contributed by atoms with E-state index in [1.165, 1.54) is 6.07 Å². The van der Waals surface area contributed by atoms with Crippen molar-refractivity contribution < 1.29 is 9.18 Å². The van der Waals surface area contributed by atoms with Crippen molar-refractivity contribution in [3.8, 4) is 0 Å². The number of piperidine rings is 1. The number of likely N-dealkylation sites (tertiary alicyclic amines) is 1. The van der Waals surface area contributed by atoms with Crippen LogP contribution in [0.3, 0.4) is 0 Å². The van der Waals surface area contributed by atoms with Crippen molar-refractivity contribution >= 4 is 5.91 Å². The van der Waals surface area contributed by atoms with Gasteiger partial charge in [0.1, 0.15) is 5.82 Å². The fourth-order valence-electron chi connectivity index (χ4n) is 3.28. The van der Waals surface area contributed by atoms with Crippen molar-refractivity contribution in [2.75, 3.05) is 13.1 Å². The molecular formula is C18H22FN5O. The topological polar surface area (TPSA) is 63.1 Å². The van der Waals surface area contributed by atoms with Crippen molar-refractivity contribution in [2.24, 2.45) is 0 Å². The number of nitrogens with one attached hydrogen (secondary N) is 1. The Morgan fingerprint density at radius 2 is 2.04 bits per heavy atom. The number of amides is 1. The number of benzene rings is 1. The summed E-state index contributed by atoms with van der Waals surface area (Å²) in [5, 5.41) is 11.1. The fraction of sp³-hybridized carbons (Fsp3) is 0.500. The number of carbonyl (C=O) groups excluding carboxylic acids is 1. The molecule has 4 rings (SSSR count). The van der Waals surface area contributed by atoms with Crippen LogP contribution in [-0.4, -0.2) is 44.9 Å². The van der Waals surface area contributed by atoms with Gasteiger partial charge in [0.25, 0.3) is 5.91 Å². The maximum Gasteiger partial charge on any atom is 0.273 e. The van der Waals surface area contributed by atoms with Gasteiger partial charge in [-0.3, -0.25) is 9.69 Å². The minimum Gasteiger partial charge on any atom is -0.348 e. The van der Waals surface area contributed by atoms with E-state index >= 15 is 0 Å². The molecule has 1 aromatic heterocycles. The van der Waals surface area contributed by atoms with Gasteiger partial charge in [-0.15, -0.1) is 5.10 Å². The number of aromatic nitrogens is 3. The Kier molecular flexibility index (Phi) is 4.48. The molecule has 1 aliphatic heterocycles. The van der Waals surface area contributed by atoms with Crippen LogP contribution in [0.2, 0.25) is 0 Å². The molecule has 1 N–H and O–H groups in total. The van der Waals surface area contributed by atoms with Gasteiger partial charge in [-0.2, -0.15) is 0 Å². The summed E-state index contributed by atoms with van der Waals surface area (Å²) in [6, 6.07) is 7.35. The zero-order valence-electron chi connectivity index (χ0n) is 14.1. The monoisotopic (exact) mass is 343 g/mol. The highest BCUT2D eigenvalue weighted by Crippen LogP contribution is 2.23. The van der Waals surface area contributed by atoms with E-state index in [1.54, 1.807) is 18.3 Å². The lowest BCUT2D eigenvalue weighted by molar-refractivity contribution is 0.0946. The fourth-order valence-corrected chi connectivity index (χ4v) is 3.28. The highest BCUT2D eigenvalue weighted by atomic mass is 19.1. The largest absolute Gasteiger partial charge is 0.348 e. The summed E-state index contributed by atoms with van der Waals surface area (Å²) in [4.78, 5) is 14.3. The molecule has 25 heavy (non-hydrogen) atoms. The van der Waals surface area contributed by atoms with Gasteiger partial charge in [0.2, 0.25) is 0 Å². The molecule has 2 aromatic rings. The first-order valence-corrected chi connectivity index (χ1v) is 8.87. The van der Waals surface area contributed by atoms with E-state index in [4.69, 9.17) is 0 Å². The SMILES string of the molecule is O=C(NC1CC1)c1cn(C2CCN(Cc3cccc(F)c3)CC2)nn1. The molecule has 6 nitrogen and oxygen atoms in total. The van der Waals surface area contributed by atoms with E-state index in [0.717, 1.165) is 50.9 Å². The zero-order chi connectivity index (χ0) is 17.2. The summed E-state index contributed by atoms with van der Waals surface area (Å²) in [5.74, 6) is -0.315. The Labute approximate surface area is 146 Å². The van der Waals surface area contributed by atoms with Crippen LogP contribution >= 0.6 is 0 Å². The predicted molar refractivity (Wildman–Crippen MR) is 90.5 cm³/mol. The standard InChI is InChI=1S/C18H22FN5O/c19-14-3-1-2-13(10-14)11-23-8-6-16(7-9-23)24-12-17(21-22-24)18(25)20-15-4-5-15/h1-3,10,12,15-16H,4-9,11H2,(H,20,25). The number of nitrogens with zero attached hydrogens (tertiary/aromatic N) is 4.